The first-order valence-electron chi connectivity index (χ1n) is 10.6. The van der Waals surface area contributed by atoms with E-state index in [1.165, 1.54) is 6.33 Å². The summed E-state index contributed by atoms with van der Waals surface area (Å²) in [5.74, 6) is 0.104. The standard InChI is InChI=1S/C22H27FN6O/c1-14-6-17(28-21(30)7-15-4-5-25-10-19(15)23)12-29(11-14)20-3-2-16(8-24)22-18(20)9-26-13-27-22/h2-3,9,13-15,17,19,25H,4-7,10-12H2,1H3,(H,28,30)/t14-,15+,17+,19+/m0/s1. The Morgan fingerprint density at radius 3 is 3.10 bits per heavy atom. The number of anilines is 1. The SMILES string of the molecule is C[C@H]1C[C@@H](NC(=O)C[C@H]2CCNC[C@H]2F)CN(c2ccc(C#N)c3ncncc23)C1. The number of hydrogen-bond acceptors (Lipinski definition) is 6. The van der Waals surface area contributed by atoms with Gasteiger partial charge < -0.3 is 15.5 Å². The van der Waals surface area contributed by atoms with Crippen LogP contribution in [0.25, 0.3) is 10.9 Å². The second-order valence-electron chi connectivity index (χ2n) is 8.51. The minimum absolute atomic E-state index is 0.00338. The van der Waals surface area contributed by atoms with Crippen LogP contribution in [0.15, 0.2) is 24.7 Å². The molecule has 1 amide bonds. The van der Waals surface area contributed by atoms with Gasteiger partial charge in [-0.25, -0.2) is 14.4 Å². The van der Waals surface area contributed by atoms with Crippen LogP contribution in [0.1, 0.15) is 31.7 Å². The van der Waals surface area contributed by atoms with Crippen LogP contribution in [0.3, 0.4) is 0 Å². The number of halogens is 1. The van der Waals surface area contributed by atoms with Crippen LogP contribution in [0.2, 0.25) is 0 Å². The highest BCUT2D eigenvalue weighted by Gasteiger charge is 2.30. The van der Waals surface area contributed by atoms with Crippen LogP contribution in [0, 0.1) is 23.2 Å². The molecule has 7 nitrogen and oxygen atoms in total. The number of alkyl halides is 1. The van der Waals surface area contributed by atoms with Crippen molar-refractivity contribution < 1.29 is 9.18 Å². The molecule has 0 unspecified atom stereocenters. The Morgan fingerprint density at radius 2 is 2.30 bits per heavy atom. The number of hydrogen-bond donors (Lipinski definition) is 2. The highest BCUT2D eigenvalue weighted by molar-refractivity contribution is 5.94. The maximum absolute atomic E-state index is 14.1. The van der Waals surface area contributed by atoms with Crippen molar-refractivity contribution in [1.82, 2.24) is 20.6 Å². The lowest BCUT2D eigenvalue weighted by Crippen LogP contribution is -2.51. The van der Waals surface area contributed by atoms with Crippen molar-refractivity contribution in [3.05, 3.63) is 30.2 Å². The highest BCUT2D eigenvalue weighted by atomic mass is 19.1. The van der Waals surface area contributed by atoms with Gasteiger partial charge in [-0.1, -0.05) is 6.92 Å². The van der Waals surface area contributed by atoms with Crippen LogP contribution >= 0.6 is 0 Å². The van der Waals surface area contributed by atoms with Gasteiger partial charge in [-0.05, 0) is 37.4 Å². The Morgan fingerprint density at radius 1 is 1.43 bits per heavy atom. The van der Waals surface area contributed by atoms with E-state index in [9.17, 15) is 14.4 Å². The number of rotatable bonds is 4. The number of amides is 1. The molecule has 1 aromatic carbocycles. The molecule has 3 heterocycles. The summed E-state index contributed by atoms with van der Waals surface area (Å²) in [5, 5.41) is 16.4. The zero-order chi connectivity index (χ0) is 21.1. The third kappa shape index (κ3) is 4.36. The predicted octanol–water partition coefficient (Wildman–Crippen LogP) is 2.17. The second kappa shape index (κ2) is 8.92. The van der Waals surface area contributed by atoms with Gasteiger partial charge in [0.15, 0.2) is 0 Å². The molecule has 1 aromatic heterocycles. The monoisotopic (exact) mass is 410 g/mol. The normalized spacial score (nSPS) is 26.9. The molecule has 0 aliphatic carbocycles. The first kappa shape index (κ1) is 20.5. The molecule has 8 heteroatoms. The number of piperidine rings is 2. The third-order valence-electron chi connectivity index (χ3n) is 6.13. The molecule has 2 aliphatic heterocycles. The summed E-state index contributed by atoms with van der Waals surface area (Å²) in [6.07, 6.45) is 4.05. The van der Waals surface area contributed by atoms with Crippen LogP contribution in [-0.2, 0) is 4.79 Å². The van der Waals surface area contributed by atoms with Gasteiger partial charge >= 0.3 is 0 Å². The quantitative estimate of drug-likeness (QED) is 0.802. The predicted molar refractivity (Wildman–Crippen MR) is 113 cm³/mol. The Bertz CT molecular complexity index is 960. The maximum Gasteiger partial charge on any atom is 0.220 e. The van der Waals surface area contributed by atoms with Gasteiger partial charge in [-0.3, -0.25) is 4.79 Å². The average Bonchev–Trinajstić information content (AvgIpc) is 2.74. The number of benzene rings is 1. The van der Waals surface area contributed by atoms with Crippen LogP contribution in [-0.4, -0.2) is 54.3 Å². The van der Waals surface area contributed by atoms with Gasteiger partial charge in [0.05, 0.1) is 11.1 Å². The Hall–Kier alpha value is -2.79. The molecular weight excluding hydrogens is 383 g/mol. The molecule has 2 N–H and O–H groups in total. The molecule has 0 bridgehead atoms. The van der Waals surface area contributed by atoms with Crippen molar-refractivity contribution in [1.29, 1.82) is 5.26 Å². The highest BCUT2D eigenvalue weighted by Crippen LogP contribution is 2.31. The fourth-order valence-corrected chi connectivity index (χ4v) is 4.71. The lowest BCUT2D eigenvalue weighted by Gasteiger charge is -2.39. The van der Waals surface area contributed by atoms with E-state index in [-0.39, 0.29) is 24.3 Å². The number of nitriles is 1. The summed E-state index contributed by atoms with van der Waals surface area (Å²) in [4.78, 5) is 23.3. The van der Waals surface area contributed by atoms with Crippen molar-refractivity contribution in [2.24, 2.45) is 11.8 Å². The number of carbonyl (C=O) groups is 1. The van der Waals surface area contributed by atoms with Crippen molar-refractivity contribution in [2.45, 2.75) is 38.4 Å². The fourth-order valence-electron chi connectivity index (χ4n) is 4.71. The smallest absolute Gasteiger partial charge is 0.220 e. The van der Waals surface area contributed by atoms with Crippen molar-refractivity contribution in [3.8, 4) is 6.07 Å². The van der Waals surface area contributed by atoms with E-state index in [2.05, 4.69) is 38.5 Å². The zero-order valence-electron chi connectivity index (χ0n) is 17.1. The molecule has 158 valence electrons. The van der Waals surface area contributed by atoms with E-state index in [0.29, 0.717) is 36.5 Å². The van der Waals surface area contributed by atoms with Crippen LogP contribution in [0.4, 0.5) is 10.1 Å². The van der Waals surface area contributed by atoms with Gasteiger partial charge in [0.1, 0.15) is 18.6 Å². The molecule has 4 rings (SSSR count). The Labute approximate surface area is 175 Å². The van der Waals surface area contributed by atoms with Crippen LogP contribution < -0.4 is 15.5 Å². The van der Waals surface area contributed by atoms with Crippen molar-refractivity contribution in [2.75, 3.05) is 31.1 Å². The number of nitrogens with one attached hydrogen (secondary N) is 2. The van der Waals surface area contributed by atoms with E-state index < -0.39 is 6.17 Å². The fraction of sp³-hybridized carbons (Fsp3) is 0.545. The molecule has 30 heavy (non-hydrogen) atoms. The van der Waals surface area contributed by atoms with Crippen molar-refractivity contribution in [3.63, 3.8) is 0 Å². The van der Waals surface area contributed by atoms with E-state index in [1.54, 1.807) is 12.3 Å². The average molecular weight is 410 g/mol. The second-order valence-corrected chi connectivity index (χ2v) is 8.51. The molecule has 2 fully saturated rings. The van der Waals surface area contributed by atoms with E-state index in [4.69, 9.17) is 0 Å². The van der Waals surface area contributed by atoms with E-state index in [0.717, 1.165) is 30.6 Å². The van der Waals surface area contributed by atoms with E-state index >= 15 is 0 Å². The van der Waals surface area contributed by atoms with Gasteiger partial charge in [0.2, 0.25) is 5.91 Å². The molecule has 0 radical (unpaired) electrons. The molecule has 0 spiro atoms. The largest absolute Gasteiger partial charge is 0.369 e. The number of nitrogens with zero attached hydrogens (tertiary/aromatic N) is 4. The van der Waals surface area contributed by atoms with Gasteiger partial charge in [-0.2, -0.15) is 5.26 Å². The minimum atomic E-state index is -0.962. The topological polar surface area (TPSA) is 93.9 Å². The van der Waals surface area contributed by atoms with Crippen molar-refractivity contribution >= 4 is 22.5 Å². The summed E-state index contributed by atoms with van der Waals surface area (Å²) in [6.45, 7) is 4.78. The number of aromatic nitrogens is 2. The summed E-state index contributed by atoms with van der Waals surface area (Å²) >= 11 is 0. The Kier molecular flexibility index (Phi) is 6.09. The lowest BCUT2D eigenvalue weighted by molar-refractivity contribution is -0.123. The molecular formula is C22H27FN6O. The molecule has 2 saturated heterocycles. The Balaban J connectivity index is 1.48. The van der Waals surface area contributed by atoms with Gasteiger partial charge in [-0.15, -0.1) is 0 Å². The summed E-state index contributed by atoms with van der Waals surface area (Å²) < 4.78 is 14.1. The third-order valence-corrected chi connectivity index (χ3v) is 6.13. The lowest BCUT2D eigenvalue weighted by atomic mass is 9.91. The minimum Gasteiger partial charge on any atom is -0.369 e. The molecule has 4 atom stereocenters. The van der Waals surface area contributed by atoms with Gasteiger partial charge in [0.25, 0.3) is 0 Å². The summed E-state index contributed by atoms with van der Waals surface area (Å²) in [7, 11) is 0. The molecule has 0 saturated carbocycles. The van der Waals surface area contributed by atoms with Gasteiger partial charge in [0, 0.05) is 55.3 Å². The summed E-state index contributed by atoms with van der Waals surface area (Å²) in [6, 6.07) is 5.90. The molecule has 2 aliphatic rings. The van der Waals surface area contributed by atoms with E-state index in [1.807, 2.05) is 6.07 Å². The first-order valence-corrected chi connectivity index (χ1v) is 10.6. The zero-order valence-corrected chi connectivity index (χ0v) is 17.1. The molecule has 2 aromatic rings. The number of fused-ring (bicyclic) bond motifs is 1. The van der Waals surface area contributed by atoms with Crippen LogP contribution in [0.5, 0.6) is 0 Å². The maximum atomic E-state index is 14.1. The first-order chi connectivity index (χ1) is 14.5. The number of carbonyl (C=O) groups excluding carboxylic acids is 1. The summed E-state index contributed by atoms with van der Waals surface area (Å²) in [5.41, 5.74) is 2.13.